The van der Waals surface area contributed by atoms with Crippen molar-refractivity contribution in [3.8, 4) is 17.2 Å². The maximum atomic E-state index is 13.7. The smallest absolute Gasteiger partial charge is 0.435 e. The van der Waals surface area contributed by atoms with Crippen molar-refractivity contribution >= 4 is 15.7 Å². The standard InChI is InChI=1S/C22H21F3N4O4S/c1-27-9-8-18-17(12-27)21(22(23,24)25)26-29(18)15-4-3-5-16(10-15)34(30,31)28(2)14-6-7-19-20(11-14)33-13-32-19/h3-7,10-11H,8-9,12-13H2,1-2H3. The lowest BCUT2D eigenvalue weighted by Crippen LogP contribution is -2.28. The molecule has 34 heavy (non-hydrogen) atoms. The summed E-state index contributed by atoms with van der Waals surface area (Å²) in [6, 6.07) is 10.5. The lowest BCUT2D eigenvalue weighted by atomic mass is 10.1. The van der Waals surface area contributed by atoms with Crippen LogP contribution >= 0.6 is 0 Å². The van der Waals surface area contributed by atoms with Crippen molar-refractivity contribution in [2.45, 2.75) is 24.0 Å². The quantitative estimate of drug-likeness (QED) is 0.553. The fraction of sp³-hybridized carbons (Fsp3) is 0.318. The summed E-state index contributed by atoms with van der Waals surface area (Å²) in [5.41, 5.74) is 0.209. The first-order valence-corrected chi connectivity index (χ1v) is 11.9. The number of alkyl halides is 3. The van der Waals surface area contributed by atoms with Crippen LogP contribution in [0, 0.1) is 0 Å². The Balaban J connectivity index is 1.54. The fourth-order valence-corrected chi connectivity index (χ4v) is 5.38. The van der Waals surface area contributed by atoms with Gasteiger partial charge in [-0.15, -0.1) is 0 Å². The Kier molecular flexibility index (Phi) is 5.24. The summed E-state index contributed by atoms with van der Waals surface area (Å²) in [7, 11) is -0.881. The number of likely N-dealkylation sites (N-methyl/N-ethyl adjacent to an activating group) is 1. The molecule has 0 amide bonds. The van der Waals surface area contributed by atoms with Crippen molar-refractivity contribution in [3.05, 3.63) is 59.4 Å². The lowest BCUT2D eigenvalue weighted by Gasteiger charge is -2.24. The molecule has 5 rings (SSSR count). The Hall–Kier alpha value is -3.25. The van der Waals surface area contributed by atoms with E-state index in [-0.39, 0.29) is 29.5 Å². The SMILES string of the molecule is CN1CCc2c(c(C(F)(F)F)nn2-c2cccc(S(=O)(=O)N(C)c3ccc4c(c3)OCO4)c2)C1. The van der Waals surface area contributed by atoms with Crippen LogP contribution in [-0.2, 0) is 29.2 Å². The maximum absolute atomic E-state index is 13.7. The highest BCUT2D eigenvalue weighted by Crippen LogP contribution is 2.38. The number of nitrogens with zero attached hydrogens (tertiary/aromatic N) is 4. The van der Waals surface area contributed by atoms with E-state index in [1.165, 1.54) is 29.9 Å². The molecule has 180 valence electrons. The lowest BCUT2D eigenvalue weighted by molar-refractivity contribution is -0.142. The molecule has 2 aliphatic heterocycles. The second-order valence-corrected chi connectivity index (χ2v) is 10.1. The molecule has 0 saturated carbocycles. The number of halogens is 3. The zero-order valence-corrected chi connectivity index (χ0v) is 19.2. The van der Waals surface area contributed by atoms with E-state index in [1.54, 1.807) is 36.2 Å². The Morgan fingerprint density at radius 2 is 1.85 bits per heavy atom. The molecule has 0 radical (unpaired) electrons. The number of hydrogen-bond acceptors (Lipinski definition) is 6. The zero-order valence-electron chi connectivity index (χ0n) is 18.3. The van der Waals surface area contributed by atoms with Crippen LogP contribution in [0.3, 0.4) is 0 Å². The Morgan fingerprint density at radius 1 is 1.09 bits per heavy atom. The minimum Gasteiger partial charge on any atom is -0.454 e. The normalized spacial score (nSPS) is 15.9. The van der Waals surface area contributed by atoms with Gasteiger partial charge in [-0.25, -0.2) is 13.1 Å². The van der Waals surface area contributed by atoms with Crippen LogP contribution in [0.5, 0.6) is 11.5 Å². The van der Waals surface area contributed by atoms with Gasteiger partial charge in [0.1, 0.15) is 0 Å². The highest BCUT2D eigenvalue weighted by Gasteiger charge is 2.40. The summed E-state index contributed by atoms with van der Waals surface area (Å²) in [5, 5.41) is 3.86. The van der Waals surface area contributed by atoms with Crippen molar-refractivity contribution in [2.75, 3.05) is 31.7 Å². The number of rotatable bonds is 4. The highest BCUT2D eigenvalue weighted by atomic mass is 32.2. The van der Waals surface area contributed by atoms with E-state index >= 15 is 0 Å². The molecule has 0 aliphatic carbocycles. The van der Waals surface area contributed by atoms with E-state index < -0.39 is 21.9 Å². The van der Waals surface area contributed by atoms with Gasteiger partial charge in [-0.05, 0) is 37.4 Å². The van der Waals surface area contributed by atoms with Gasteiger partial charge in [0.25, 0.3) is 10.0 Å². The number of benzene rings is 2. The van der Waals surface area contributed by atoms with E-state index in [9.17, 15) is 21.6 Å². The van der Waals surface area contributed by atoms with Crippen LogP contribution in [0.4, 0.5) is 18.9 Å². The van der Waals surface area contributed by atoms with Crippen LogP contribution in [0.2, 0.25) is 0 Å². The molecule has 0 spiro atoms. The third-order valence-corrected chi connectivity index (χ3v) is 7.74. The minimum atomic E-state index is -4.61. The first-order chi connectivity index (χ1) is 16.1. The molecule has 0 bridgehead atoms. The molecule has 0 atom stereocenters. The Labute approximate surface area is 194 Å². The predicted molar refractivity (Wildman–Crippen MR) is 117 cm³/mol. The molecule has 0 unspecified atom stereocenters. The molecule has 0 fully saturated rings. The van der Waals surface area contributed by atoms with Crippen molar-refractivity contribution in [3.63, 3.8) is 0 Å². The Morgan fingerprint density at radius 3 is 2.62 bits per heavy atom. The summed E-state index contributed by atoms with van der Waals surface area (Å²) >= 11 is 0. The topological polar surface area (TPSA) is 76.9 Å². The molecule has 0 N–H and O–H groups in total. The molecule has 0 saturated heterocycles. The second-order valence-electron chi connectivity index (χ2n) is 8.18. The van der Waals surface area contributed by atoms with E-state index in [2.05, 4.69) is 5.10 Å². The van der Waals surface area contributed by atoms with E-state index in [0.29, 0.717) is 35.8 Å². The number of ether oxygens (including phenoxy) is 2. The van der Waals surface area contributed by atoms with Gasteiger partial charge in [-0.1, -0.05) is 6.07 Å². The Bertz CT molecular complexity index is 1370. The summed E-state index contributed by atoms with van der Waals surface area (Å²) in [6.45, 7) is 0.747. The molecule has 1 aromatic heterocycles. The van der Waals surface area contributed by atoms with Crippen LogP contribution in [0.1, 0.15) is 17.0 Å². The largest absolute Gasteiger partial charge is 0.454 e. The van der Waals surface area contributed by atoms with Crippen LogP contribution in [-0.4, -0.2) is 50.5 Å². The van der Waals surface area contributed by atoms with Crippen molar-refractivity contribution < 1.29 is 31.1 Å². The van der Waals surface area contributed by atoms with Crippen molar-refractivity contribution in [1.29, 1.82) is 0 Å². The summed E-state index contributed by atoms with van der Waals surface area (Å²) in [5.74, 6) is 0.951. The second kappa shape index (κ2) is 7.91. The van der Waals surface area contributed by atoms with Gasteiger partial charge in [0.05, 0.1) is 22.0 Å². The number of sulfonamides is 1. The van der Waals surface area contributed by atoms with Gasteiger partial charge < -0.3 is 14.4 Å². The maximum Gasteiger partial charge on any atom is 0.435 e. The number of aromatic nitrogens is 2. The number of anilines is 1. The molecule has 3 aromatic rings. The molecular formula is C22H21F3N4O4S. The number of fused-ring (bicyclic) bond motifs is 2. The first kappa shape index (κ1) is 22.5. The summed E-state index contributed by atoms with van der Waals surface area (Å²) in [4.78, 5) is 1.72. The summed E-state index contributed by atoms with van der Waals surface area (Å²) in [6.07, 6.45) is -4.25. The van der Waals surface area contributed by atoms with Gasteiger partial charge in [-0.3, -0.25) is 4.31 Å². The number of hydrogen-bond donors (Lipinski definition) is 0. The van der Waals surface area contributed by atoms with E-state index in [4.69, 9.17) is 9.47 Å². The monoisotopic (exact) mass is 494 g/mol. The molecule has 2 aromatic carbocycles. The van der Waals surface area contributed by atoms with Gasteiger partial charge in [0, 0.05) is 38.2 Å². The third kappa shape index (κ3) is 3.76. The summed E-state index contributed by atoms with van der Waals surface area (Å²) < 4.78 is 80.6. The average Bonchev–Trinajstić information content (AvgIpc) is 3.42. The first-order valence-electron chi connectivity index (χ1n) is 10.4. The molecule has 12 heteroatoms. The fourth-order valence-electron chi connectivity index (χ4n) is 4.15. The van der Waals surface area contributed by atoms with Crippen LogP contribution < -0.4 is 13.8 Å². The van der Waals surface area contributed by atoms with Gasteiger partial charge in [0.2, 0.25) is 6.79 Å². The van der Waals surface area contributed by atoms with Crippen LogP contribution in [0.15, 0.2) is 47.4 Å². The van der Waals surface area contributed by atoms with Gasteiger partial charge in [0.15, 0.2) is 17.2 Å². The van der Waals surface area contributed by atoms with Gasteiger partial charge in [-0.2, -0.15) is 18.3 Å². The molecule has 3 heterocycles. The van der Waals surface area contributed by atoms with Crippen molar-refractivity contribution in [2.24, 2.45) is 0 Å². The van der Waals surface area contributed by atoms with E-state index in [1.807, 2.05) is 0 Å². The van der Waals surface area contributed by atoms with Crippen molar-refractivity contribution in [1.82, 2.24) is 14.7 Å². The molecular weight excluding hydrogens is 473 g/mol. The van der Waals surface area contributed by atoms with Crippen LogP contribution in [0.25, 0.3) is 5.69 Å². The van der Waals surface area contributed by atoms with Gasteiger partial charge >= 0.3 is 6.18 Å². The third-order valence-electron chi connectivity index (χ3n) is 5.96. The van der Waals surface area contributed by atoms with E-state index in [0.717, 1.165) is 4.31 Å². The predicted octanol–water partition coefficient (Wildman–Crippen LogP) is 3.43. The molecule has 8 nitrogen and oxygen atoms in total. The molecule has 2 aliphatic rings. The minimum absolute atomic E-state index is 0.0567. The zero-order chi connectivity index (χ0) is 24.3. The average molecular weight is 494 g/mol. The highest BCUT2D eigenvalue weighted by molar-refractivity contribution is 7.92.